The van der Waals surface area contributed by atoms with Crippen molar-refractivity contribution >= 4 is 31.1 Å². The van der Waals surface area contributed by atoms with Crippen LogP contribution in [0.3, 0.4) is 0 Å². The van der Waals surface area contributed by atoms with Crippen molar-refractivity contribution in [1.29, 1.82) is 0 Å². The van der Waals surface area contributed by atoms with E-state index in [1.54, 1.807) is 31.2 Å². The predicted octanol–water partition coefficient (Wildman–Crippen LogP) is 32.8. The second-order valence-electron chi connectivity index (χ2n) is 38.9. The molecule has 3 saturated carbocycles. The molecule has 16 nitrogen and oxygen atoms in total. The van der Waals surface area contributed by atoms with Gasteiger partial charge in [-0.3, -0.25) is 0 Å². The van der Waals surface area contributed by atoms with Crippen molar-refractivity contribution in [1.82, 2.24) is 0 Å². The molecule has 9 atom stereocenters. The van der Waals surface area contributed by atoms with E-state index in [4.69, 9.17) is 48.1 Å². The summed E-state index contributed by atoms with van der Waals surface area (Å²) < 4.78 is 185. The molecule has 13 rings (SSSR count). The molecule has 0 bridgehead atoms. The van der Waals surface area contributed by atoms with E-state index in [9.17, 15) is 47.7 Å². The Kier molecular flexibility index (Phi) is 52.7. The second kappa shape index (κ2) is 62.5. The molecular weight excluding hydrogens is 1900 g/mol. The number of para-hydroxylation sites is 1. The van der Waals surface area contributed by atoms with Gasteiger partial charge in [-0.15, -0.1) is 0 Å². The zero-order valence-corrected chi connectivity index (χ0v) is 90.0. The van der Waals surface area contributed by atoms with Crippen LogP contribution in [0.15, 0.2) is 282 Å². The van der Waals surface area contributed by atoms with Crippen LogP contribution in [0, 0.1) is 11.3 Å². The van der Waals surface area contributed by atoms with Gasteiger partial charge in [0.15, 0.2) is 43.7 Å². The summed E-state index contributed by atoms with van der Waals surface area (Å²) in [7, 11) is -14.2. The maximum Gasteiger partial charge on any atom is 0.450 e. The average molecular weight is 2060 g/mol. The minimum absolute atomic E-state index is 0.0146. The summed E-state index contributed by atoms with van der Waals surface area (Å²) in [5.41, 5.74) is 7.42. The third kappa shape index (κ3) is 41.6. The number of alkyl halides is 6. The van der Waals surface area contributed by atoms with Gasteiger partial charge in [0.25, 0.3) is 0 Å². The first-order valence-corrected chi connectivity index (χ1v) is 55.8. The quantitative estimate of drug-likeness (QED) is 0.00908. The summed E-state index contributed by atoms with van der Waals surface area (Å²) in [4.78, 5) is 4.08. The van der Waals surface area contributed by atoms with Crippen molar-refractivity contribution in [3.05, 3.63) is 300 Å². The molecule has 0 spiro atoms. The van der Waals surface area contributed by atoms with E-state index >= 15 is 0 Å². The number of aromatic hydroxyl groups is 2. The number of hydrogen-bond donors (Lipinski definition) is 2. The van der Waals surface area contributed by atoms with E-state index in [1.807, 2.05) is 80.6 Å². The van der Waals surface area contributed by atoms with Gasteiger partial charge in [0.2, 0.25) is 0 Å². The summed E-state index contributed by atoms with van der Waals surface area (Å²) in [6, 6.07) is 86.3. The number of hydrogen-bond acceptors (Lipinski definition) is 16. The van der Waals surface area contributed by atoms with Gasteiger partial charge in [-0.1, -0.05) is 320 Å². The standard InChI is InChI=1S/C26H42O3.C24H34O3.C18H28O2.C18H15S.C13H14F6O6S2.2C10H14O/c1-3-21(2)23-14-16-25(17-15-23)29-26(20-22-10-6-4-7-11-22)28-19-18-27-24-12-8-5-9-13-24;1-6-19(2)20-12-14-22(15-13-20)27-23(18-24(3,4)5)26-17-16-25-21-10-8-7-9-11-21;1-4-14(2)16-10-12-18(13-11-16)20-15(3)19-17-8-6-5-7-9-17;1-4-10-16(11-5-1)19(17-12-6-2-7-13-17)18-14-8-3-9-15-18;1-3-8(2)9-4-6-10(7-5-9)25-27(23,24)13(18,19)11(14,15)12(16,17)26(20,21)22;2*1-3-8(2)9-4-6-10(11)7-5-9/h14-17,21-22,24,26H,3-13,18-20H2,1-2H3;7-15,19,23H,6,16-18H2,1-5H3;10-15,17H,4-9H2,1-3H3;1-15H;4-8H,3H2,1-2H3,(H,20,21,22);2*4-8,11H,3H2,1-2H3/q;;;+1;;;/p-1. The Morgan fingerprint density at radius 1 is 0.354 bits per heavy atom. The van der Waals surface area contributed by atoms with Crippen molar-refractivity contribution in [2.75, 3.05) is 26.4 Å². The fraction of sp³-hybridized carbons (Fsp3) is 0.496. The average Bonchev–Trinajstić information content (AvgIpc) is 0.720. The van der Waals surface area contributed by atoms with Crippen LogP contribution < -0.4 is 23.1 Å². The molecule has 792 valence electrons. The lowest BCUT2D eigenvalue weighted by molar-refractivity contribution is -0.247. The smallest absolute Gasteiger partial charge is 0.450 e. The molecule has 9 unspecified atom stereocenters. The molecule has 2 N–H and O–H groups in total. The fourth-order valence-electron chi connectivity index (χ4n) is 16.2. The molecule has 144 heavy (non-hydrogen) atoms. The highest BCUT2D eigenvalue weighted by Gasteiger charge is 2.81. The third-order valence-electron chi connectivity index (χ3n) is 26.4. The minimum atomic E-state index is -7.33. The van der Waals surface area contributed by atoms with Gasteiger partial charge in [-0.05, 0) is 273 Å². The van der Waals surface area contributed by atoms with Gasteiger partial charge in [-0.2, -0.15) is 34.8 Å². The van der Waals surface area contributed by atoms with Crippen molar-refractivity contribution in [3.63, 3.8) is 0 Å². The van der Waals surface area contributed by atoms with Crippen LogP contribution in [0.4, 0.5) is 26.3 Å². The highest BCUT2D eigenvalue weighted by molar-refractivity contribution is 7.97. The van der Waals surface area contributed by atoms with Gasteiger partial charge >= 0.3 is 26.5 Å². The first kappa shape index (κ1) is 121. The molecule has 0 aliphatic heterocycles. The van der Waals surface area contributed by atoms with Crippen LogP contribution >= 0.6 is 0 Å². The maximum absolute atomic E-state index is 13.6. The van der Waals surface area contributed by atoms with E-state index in [2.05, 4.69) is 246 Å². The first-order chi connectivity index (χ1) is 68.6. The van der Waals surface area contributed by atoms with Crippen LogP contribution in [0.1, 0.15) is 327 Å². The molecule has 3 aliphatic carbocycles. The van der Waals surface area contributed by atoms with E-state index < -0.39 is 42.4 Å². The highest BCUT2D eigenvalue weighted by Crippen LogP contribution is 2.51. The van der Waals surface area contributed by atoms with Gasteiger partial charge in [0.1, 0.15) is 46.9 Å². The molecule has 0 radical (unpaired) electrons. The molecule has 0 heterocycles. The normalized spacial score (nSPS) is 15.8. The zero-order chi connectivity index (χ0) is 105. The molecule has 0 saturated heterocycles. The lowest BCUT2D eigenvalue weighted by Gasteiger charge is -2.32. The van der Waals surface area contributed by atoms with Gasteiger partial charge in [-0.25, -0.2) is 8.42 Å². The predicted molar refractivity (Wildman–Crippen MR) is 569 cm³/mol. The Morgan fingerprint density at radius 2 is 0.660 bits per heavy atom. The molecule has 25 heteroatoms. The van der Waals surface area contributed by atoms with Gasteiger partial charge < -0.3 is 56.8 Å². The Bertz CT molecular complexity index is 5190. The summed E-state index contributed by atoms with van der Waals surface area (Å²) >= 11 is 0. The Labute approximate surface area is 860 Å². The number of phenolic OH excluding ortho intramolecular Hbond substituents is 2. The van der Waals surface area contributed by atoms with E-state index in [0.717, 1.165) is 79.6 Å². The van der Waals surface area contributed by atoms with Crippen LogP contribution in [0.5, 0.6) is 40.2 Å². The number of rotatable bonds is 42. The highest BCUT2D eigenvalue weighted by atomic mass is 32.2. The van der Waals surface area contributed by atoms with Crippen molar-refractivity contribution in [3.8, 4) is 40.2 Å². The summed E-state index contributed by atoms with van der Waals surface area (Å²) in [5, 5.41) is 4.37. The van der Waals surface area contributed by atoms with Gasteiger partial charge in [0.05, 0.1) is 42.9 Å². The minimum Gasteiger partial charge on any atom is -0.743 e. The fourth-order valence-corrected chi connectivity index (χ4v) is 19.7. The molecule has 0 amide bonds. The van der Waals surface area contributed by atoms with Crippen molar-refractivity contribution in [2.45, 2.75) is 356 Å². The number of halogens is 6. The van der Waals surface area contributed by atoms with Crippen molar-refractivity contribution in [2.24, 2.45) is 11.3 Å². The van der Waals surface area contributed by atoms with Crippen LogP contribution in [0.25, 0.3) is 0 Å². The Morgan fingerprint density at radius 3 is 1.01 bits per heavy atom. The molecule has 0 aromatic heterocycles. The summed E-state index contributed by atoms with van der Waals surface area (Å²) in [6.07, 6.45) is 27.9. The lowest BCUT2D eigenvalue weighted by atomic mass is 9.87. The second-order valence-corrected chi connectivity index (χ2v) is 43.9. The summed E-state index contributed by atoms with van der Waals surface area (Å²) in [6.45, 7) is 36.6. The van der Waals surface area contributed by atoms with E-state index in [-0.39, 0.29) is 41.1 Å². The Balaban J connectivity index is 0.000000233. The van der Waals surface area contributed by atoms with Gasteiger partial charge in [0, 0.05) is 12.8 Å². The Hall–Kier alpha value is -9.57. The van der Waals surface area contributed by atoms with Crippen LogP contribution in [0.2, 0.25) is 0 Å². The third-order valence-corrected chi connectivity index (χ3v) is 30.8. The molecule has 3 aliphatic rings. The zero-order valence-electron chi connectivity index (χ0n) is 87.5. The van der Waals surface area contributed by atoms with E-state index in [1.165, 1.54) is 157 Å². The topological polar surface area (TPSA) is 215 Å². The number of benzene rings is 10. The SMILES string of the molecule is CCC(C)c1ccc(O)cc1.CCC(C)c1ccc(O)cc1.CCC(C)c1ccc(OC(C)OC2CCCCC2)cc1.CCC(C)c1ccc(OC(CC(C)(C)C)OCCOc2ccccc2)cc1.CCC(C)c1ccc(OC(CC2CCCCC2)OCCOC2CCCCC2)cc1.CCC(C)c1ccc(OS(=O)(=O)C(F)(F)C(F)(F)C(F)(F)S(=O)(=O)[O-])cc1.c1ccc([S+](c2ccccc2)c2ccccc2)cc1. The van der Waals surface area contributed by atoms with Crippen molar-refractivity contribution < 1.29 is 100 Å². The lowest BCUT2D eigenvalue weighted by Crippen LogP contribution is -2.61. The maximum atomic E-state index is 13.6. The van der Waals surface area contributed by atoms with Crippen LogP contribution in [-0.2, 0) is 50.1 Å². The largest absolute Gasteiger partial charge is 0.743 e. The molecule has 10 aromatic carbocycles. The number of phenols is 2. The molecule has 3 fully saturated rings. The van der Waals surface area contributed by atoms with Crippen LogP contribution in [-0.4, -0.2) is 106 Å². The molecular formula is C119H160F6O16S3. The first-order valence-electron chi connectivity index (χ1n) is 51.7. The summed E-state index contributed by atoms with van der Waals surface area (Å²) in [5.74, 6) is -0.135. The number of ether oxygens (including phenoxy) is 8. The monoisotopic (exact) mass is 2060 g/mol. The van der Waals surface area contributed by atoms with E-state index in [0.29, 0.717) is 91.7 Å². The molecule has 10 aromatic rings.